The lowest BCUT2D eigenvalue weighted by Crippen LogP contribution is -2.39. The molecule has 1 aliphatic rings. The van der Waals surface area contributed by atoms with Gasteiger partial charge in [-0.1, -0.05) is 13.0 Å². The van der Waals surface area contributed by atoms with Gasteiger partial charge in [0.15, 0.2) is 0 Å². The summed E-state index contributed by atoms with van der Waals surface area (Å²) >= 11 is 1.60. The van der Waals surface area contributed by atoms with Crippen molar-refractivity contribution >= 4 is 33.0 Å². The Balaban J connectivity index is 1.49. The zero-order valence-corrected chi connectivity index (χ0v) is 16.9. The minimum atomic E-state index is -0.226. The Hall–Kier alpha value is -3.00. The zero-order valence-electron chi connectivity index (χ0n) is 16.1. The summed E-state index contributed by atoms with van der Waals surface area (Å²) in [5.41, 5.74) is 2.35. The van der Waals surface area contributed by atoms with Crippen molar-refractivity contribution in [2.45, 2.75) is 45.3 Å². The van der Waals surface area contributed by atoms with Gasteiger partial charge in [0.2, 0.25) is 5.91 Å². The van der Waals surface area contributed by atoms with Crippen LogP contribution in [0.3, 0.4) is 0 Å². The molecular weight excluding hydrogens is 386 g/mol. The van der Waals surface area contributed by atoms with Crippen LogP contribution in [0.15, 0.2) is 46.8 Å². The van der Waals surface area contributed by atoms with E-state index in [1.807, 2.05) is 45.9 Å². The molecular formula is C21H21N5O2S. The fourth-order valence-electron chi connectivity index (χ4n) is 3.77. The molecule has 8 heteroatoms. The SMILES string of the molecule is CCc1nn(CC(=O)N(Cc2cccnc2)C2CC2)c(=O)c2cc3sccc3n12. The first kappa shape index (κ1) is 18.1. The molecule has 0 N–H and O–H groups in total. The average molecular weight is 407 g/mol. The van der Waals surface area contributed by atoms with Gasteiger partial charge in [0, 0.05) is 31.4 Å². The first-order valence-corrected chi connectivity index (χ1v) is 10.7. The summed E-state index contributed by atoms with van der Waals surface area (Å²) in [6.07, 6.45) is 6.18. The molecule has 1 aliphatic carbocycles. The van der Waals surface area contributed by atoms with Gasteiger partial charge >= 0.3 is 0 Å². The van der Waals surface area contributed by atoms with E-state index in [2.05, 4.69) is 10.1 Å². The molecule has 7 nitrogen and oxygen atoms in total. The minimum absolute atomic E-state index is 0.0437. The third-order valence-electron chi connectivity index (χ3n) is 5.36. The number of hydrogen-bond acceptors (Lipinski definition) is 5. The van der Waals surface area contributed by atoms with Crippen molar-refractivity contribution in [1.82, 2.24) is 24.1 Å². The Labute approximate surface area is 171 Å². The molecule has 1 saturated carbocycles. The maximum atomic E-state index is 13.1. The molecule has 0 spiro atoms. The number of amides is 1. The van der Waals surface area contributed by atoms with E-state index < -0.39 is 0 Å². The molecule has 0 aliphatic heterocycles. The highest BCUT2D eigenvalue weighted by molar-refractivity contribution is 7.17. The Morgan fingerprint density at radius 2 is 2.17 bits per heavy atom. The van der Waals surface area contributed by atoms with E-state index in [9.17, 15) is 9.59 Å². The van der Waals surface area contributed by atoms with Crippen LogP contribution in [0.1, 0.15) is 31.2 Å². The number of pyridine rings is 1. The van der Waals surface area contributed by atoms with Crippen LogP contribution in [-0.4, -0.2) is 36.0 Å². The van der Waals surface area contributed by atoms with Crippen LogP contribution in [0, 0.1) is 0 Å². The summed E-state index contributed by atoms with van der Waals surface area (Å²) in [6.45, 7) is 2.48. The number of hydrogen-bond donors (Lipinski definition) is 0. The highest BCUT2D eigenvalue weighted by Gasteiger charge is 2.33. The second-order valence-corrected chi connectivity index (χ2v) is 8.33. The fourth-order valence-corrected chi connectivity index (χ4v) is 4.58. The average Bonchev–Trinajstić information content (AvgIpc) is 3.36. The monoisotopic (exact) mass is 407 g/mol. The molecule has 4 aromatic rings. The Kier molecular flexibility index (Phi) is 4.43. The topological polar surface area (TPSA) is 72.5 Å². The zero-order chi connectivity index (χ0) is 20.0. The number of rotatable bonds is 6. The molecule has 29 heavy (non-hydrogen) atoms. The van der Waals surface area contributed by atoms with Gasteiger partial charge < -0.3 is 4.90 Å². The number of fused-ring (bicyclic) bond motifs is 3. The van der Waals surface area contributed by atoms with Crippen LogP contribution in [0.4, 0.5) is 0 Å². The van der Waals surface area contributed by atoms with E-state index in [0.29, 0.717) is 18.5 Å². The third-order valence-corrected chi connectivity index (χ3v) is 6.21. The summed E-state index contributed by atoms with van der Waals surface area (Å²) in [6, 6.07) is 7.99. The number of thiophene rings is 1. The predicted octanol–water partition coefficient (Wildman–Crippen LogP) is 2.86. The Morgan fingerprint density at radius 3 is 2.90 bits per heavy atom. The quantitative estimate of drug-likeness (QED) is 0.493. The lowest BCUT2D eigenvalue weighted by molar-refractivity contribution is -0.133. The largest absolute Gasteiger partial charge is 0.334 e. The summed E-state index contributed by atoms with van der Waals surface area (Å²) in [7, 11) is 0. The smallest absolute Gasteiger partial charge is 0.291 e. The van der Waals surface area contributed by atoms with Crippen LogP contribution in [-0.2, 0) is 24.3 Å². The standard InChI is InChI=1S/C21H21N5O2S/c1-2-19-23-25(21(28)17-10-18-16(26(17)19)7-9-29-18)13-20(27)24(15-5-6-15)12-14-4-3-8-22-11-14/h3-4,7-11,15H,2,5-6,12-13H2,1H3. The summed E-state index contributed by atoms with van der Waals surface area (Å²) in [5, 5.41) is 6.55. The number of aromatic nitrogens is 4. The number of nitrogens with zero attached hydrogens (tertiary/aromatic N) is 5. The molecule has 0 radical (unpaired) electrons. The van der Waals surface area contributed by atoms with Gasteiger partial charge in [-0.3, -0.25) is 19.0 Å². The highest BCUT2D eigenvalue weighted by atomic mass is 32.1. The molecule has 4 aromatic heterocycles. The molecule has 0 unspecified atom stereocenters. The first-order chi connectivity index (χ1) is 14.2. The Morgan fingerprint density at radius 1 is 1.31 bits per heavy atom. The molecule has 0 aromatic carbocycles. The van der Waals surface area contributed by atoms with Crippen LogP contribution in [0.25, 0.3) is 15.7 Å². The molecule has 148 valence electrons. The molecule has 1 fully saturated rings. The number of carbonyl (C=O) groups excluding carboxylic acids is 1. The summed E-state index contributed by atoms with van der Waals surface area (Å²) < 4.78 is 4.31. The molecule has 4 heterocycles. The maximum absolute atomic E-state index is 13.1. The van der Waals surface area contributed by atoms with Crippen LogP contribution >= 0.6 is 11.3 Å². The highest BCUT2D eigenvalue weighted by Crippen LogP contribution is 2.29. The van der Waals surface area contributed by atoms with E-state index in [-0.39, 0.29) is 24.1 Å². The number of aryl methyl sites for hydroxylation is 1. The van der Waals surface area contributed by atoms with Gasteiger partial charge in [0.25, 0.3) is 5.56 Å². The molecule has 0 saturated heterocycles. The van der Waals surface area contributed by atoms with Gasteiger partial charge in [0.1, 0.15) is 17.9 Å². The van der Waals surface area contributed by atoms with Crippen molar-refractivity contribution in [1.29, 1.82) is 0 Å². The second-order valence-electron chi connectivity index (χ2n) is 7.38. The first-order valence-electron chi connectivity index (χ1n) is 9.82. The number of carbonyl (C=O) groups is 1. The summed E-state index contributed by atoms with van der Waals surface area (Å²) in [5.74, 6) is 0.705. The molecule has 0 atom stereocenters. The fraction of sp³-hybridized carbons (Fsp3) is 0.333. The van der Waals surface area contributed by atoms with Crippen LogP contribution in [0.5, 0.6) is 0 Å². The molecule has 0 bridgehead atoms. The summed E-state index contributed by atoms with van der Waals surface area (Å²) in [4.78, 5) is 32.2. The van der Waals surface area contributed by atoms with Gasteiger partial charge in [-0.15, -0.1) is 11.3 Å². The van der Waals surface area contributed by atoms with Gasteiger partial charge in [0.05, 0.1) is 10.2 Å². The van der Waals surface area contributed by atoms with E-state index in [4.69, 9.17) is 0 Å². The Bertz CT molecular complexity index is 1250. The van der Waals surface area contributed by atoms with Crippen molar-refractivity contribution in [2.75, 3.05) is 0 Å². The normalized spacial score (nSPS) is 14.0. The van der Waals surface area contributed by atoms with E-state index in [1.165, 1.54) is 4.68 Å². The van der Waals surface area contributed by atoms with Gasteiger partial charge in [-0.05, 0) is 42.0 Å². The van der Waals surface area contributed by atoms with E-state index >= 15 is 0 Å². The molecule has 1 amide bonds. The lowest BCUT2D eigenvalue weighted by Gasteiger charge is -2.23. The minimum Gasteiger partial charge on any atom is -0.334 e. The van der Waals surface area contributed by atoms with Crippen LogP contribution in [0.2, 0.25) is 0 Å². The van der Waals surface area contributed by atoms with E-state index in [0.717, 1.165) is 34.4 Å². The van der Waals surface area contributed by atoms with Crippen molar-refractivity contribution in [3.05, 3.63) is 63.8 Å². The second kappa shape index (κ2) is 7.11. The van der Waals surface area contributed by atoms with Gasteiger partial charge in [-0.2, -0.15) is 5.10 Å². The predicted molar refractivity (Wildman–Crippen MR) is 112 cm³/mol. The van der Waals surface area contributed by atoms with Crippen molar-refractivity contribution in [2.24, 2.45) is 0 Å². The van der Waals surface area contributed by atoms with Crippen LogP contribution < -0.4 is 5.56 Å². The molecule has 5 rings (SSSR count). The van der Waals surface area contributed by atoms with E-state index in [1.54, 1.807) is 23.7 Å². The van der Waals surface area contributed by atoms with Gasteiger partial charge in [-0.25, -0.2) is 4.68 Å². The van der Waals surface area contributed by atoms with Crippen molar-refractivity contribution < 1.29 is 4.79 Å². The third kappa shape index (κ3) is 3.23. The lowest BCUT2D eigenvalue weighted by atomic mass is 10.2. The maximum Gasteiger partial charge on any atom is 0.291 e. The van der Waals surface area contributed by atoms with Crippen molar-refractivity contribution in [3.63, 3.8) is 0 Å². The van der Waals surface area contributed by atoms with Crippen molar-refractivity contribution in [3.8, 4) is 0 Å².